The summed E-state index contributed by atoms with van der Waals surface area (Å²) < 4.78 is 10.8. The van der Waals surface area contributed by atoms with E-state index in [9.17, 15) is 4.39 Å². The van der Waals surface area contributed by atoms with Crippen LogP contribution in [0.4, 0.5) is 4.39 Å². The van der Waals surface area contributed by atoms with E-state index in [-0.39, 0.29) is 9.52 Å². The van der Waals surface area contributed by atoms with Gasteiger partial charge in [0, 0.05) is 9.52 Å². The molecule has 0 heterocycles. The Morgan fingerprint density at radius 1 is 1.80 bits per heavy atom. The van der Waals surface area contributed by atoms with E-state index >= 15 is 0 Å². The van der Waals surface area contributed by atoms with E-state index in [1.165, 1.54) is 0 Å². The maximum atomic E-state index is 10.8. The van der Waals surface area contributed by atoms with Crippen LogP contribution in [0.2, 0.25) is 6.55 Å². The van der Waals surface area contributed by atoms with Crippen molar-refractivity contribution in [1.82, 2.24) is 0 Å². The van der Waals surface area contributed by atoms with Crippen LogP contribution < -0.4 is 0 Å². The van der Waals surface area contributed by atoms with Gasteiger partial charge in [-0.3, -0.25) is 0 Å². The molecule has 0 amide bonds. The van der Waals surface area contributed by atoms with Gasteiger partial charge in [-0.2, -0.15) is 0 Å². The van der Waals surface area contributed by atoms with Crippen molar-refractivity contribution in [3.8, 4) is 0 Å². The lowest BCUT2D eigenvalue weighted by molar-refractivity contribution is 0.723. The molecule has 0 N–H and O–H groups in total. The lowest BCUT2D eigenvalue weighted by atomic mass is 11.2. The zero-order valence-corrected chi connectivity index (χ0v) is 4.65. The predicted molar refractivity (Wildman–Crippen MR) is 24.7 cm³/mol. The largest absolute Gasteiger partial charge is 0.216 e. The minimum atomic E-state index is -0.142. The zero-order valence-electron chi connectivity index (χ0n) is 3.24. The smallest absolute Gasteiger partial charge is 0.0782 e. The van der Waals surface area contributed by atoms with Crippen LogP contribution in [0.25, 0.3) is 0 Å². The van der Waals surface area contributed by atoms with Gasteiger partial charge in [-0.1, -0.05) is 12.2 Å². The third-order valence-electron chi connectivity index (χ3n) is 0.325. The first kappa shape index (κ1) is 4.89. The maximum Gasteiger partial charge on any atom is 0.0782 e. The van der Waals surface area contributed by atoms with Crippen molar-refractivity contribution < 1.29 is 4.39 Å². The molecule has 2 heteroatoms. The summed E-state index contributed by atoms with van der Waals surface area (Å²) in [6.45, 7) is 2.02. The summed E-state index contributed by atoms with van der Waals surface area (Å²) in [7, 11) is -0.142. The fourth-order valence-electron chi connectivity index (χ4n) is 0.0891. The quantitative estimate of drug-likeness (QED) is 0.415. The van der Waals surface area contributed by atoms with E-state index < -0.39 is 0 Å². The van der Waals surface area contributed by atoms with Gasteiger partial charge in [0.25, 0.3) is 0 Å². The third kappa shape index (κ3) is 3.89. The molecule has 0 unspecified atom stereocenters. The Hall–Kier alpha value is -0.113. The molecule has 0 aliphatic carbocycles. The summed E-state index contributed by atoms with van der Waals surface area (Å²) in [6.07, 6.45) is 0.617. The first-order valence-corrected chi connectivity index (χ1v) is 3.90. The Morgan fingerprint density at radius 2 is 2.40 bits per heavy atom. The van der Waals surface area contributed by atoms with Crippen molar-refractivity contribution in [3.63, 3.8) is 0 Å². The van der Waals surface area contributed by atoms with Gasteiger partial charge >= 0.3 is 0 Å². The van der Waals surface area contributed by atoms with Crippen molar-refractivity contribution in [2.24, 2.45) is 0 Å². The van der Waals surface area contributed by atoms with Gasteiger partial charge in [-0.15, -0.1) is 0 Å². The number of hydrogen-bond donors (Lipinski definition) is 0. The molecule has 0 radical (unpaired) electrons. The molecule has 0 saturated carbocycles. The Bertz CT molecular complexity index is 33.9. The summed E-state index contributed by atoms with van der Waals surface area (Å²) in [5.74, 6) is 0. The summed E-state index contributed by atoms with van der Waals surface area (Å²) >= 11 is 0. The standard InChI is InChI=1S/C3H7FSi/c1-5-3-2-4/h2-3H,5H2,1H3. The lowest BCUT2D eigenvalue weighted by Gasteiger charge is -1.60. The highest BCUT2D eigenvalue weighted by atomic mass is 28.2. The second-order valence-electron chi connectivity index (χ2n) is 0.770. The summed E-state index contributed by atoms with van der Waals surface area (Å²) in [5.41, 5.74) is 1.60. The molecule has 0 aromatic heterocycles. The van der Waals surface area contributed by atoms with Crippen molar-refractivity contribution in [2.75, 3.05) is 0 Å². The van der Waals surface area contributed by atoms with Crippen LogP contribution in [0.15, 0.2) is 12.0 Å². The average molecular weight is 90.2 g/mol. The number of halogens is 1. The SMILES string of the molecule is C[SiH2]C=CF. The molecule has 0 rings (SSSR count). The highest BCUT2D eigenvalue weighted by Crippen LogP contribution is 1.65. The van der Waals surface area contributed by atoms with Gasteiger partial charge in [-0.05, 0) is 0 Å². The van der Waals surface area contributed by atoms with Gasteiger partial charge in [0.2, 0.25) is 0 Å². The van der Waals surface area contributed by atoms with Gasteiger partial charge in [0.05, 0.1) is 6.33 Å². The van der Waals surface area contributed by atoms with Crippen molar-refractivity contribution in [1.29, 1.82) is 0 Å². The van der Waals surface area contributed by atoms with Crippen LogP contribution in [0.5, 0.6) is 0 Å². The molecule has 0 fully saturated rings. The van der Waals surface area contributed by atoms with Crippen LogP contribution in [-0.4, -0.2) is 9.52 Å². The topological polar surface area (TPSA) is 0 Å². The molecule has 0 aromatic carbocycles. The Morgan fingerprint density at radius 3 is 2.40 bits per heavy atom. The Balaban J connectivity index is 2.62. The fraction of sp³-hybridized carbons (Fsp3) is 0.333. The van der Waals surface area contributed by atoms with E-state index in [1.54, 1.807) is 5.70 Å². The van der Waals surface area contributed by atoms with Gasteiger partial charge in [-0.25, -0.2) is 4.39 Å². The zero-order chi connectivity index (χ0) is 4.12. The van der Waals surface area contributed by atoms with Crippen LogP contribution >= 0.6 is 0 Å². The molecule has 0 spiro atoms. The van der Waals surface area contributed by atoms with E-state index in [2.05, 4.69) is 0 Å². The minimum Gasteiger partial charge on any atom is -0.216 e. The molecule has 0 saturated heterocycles. The highest BCUT2D eigenvalue weighted by molar-refractivity contribution is 6.40. The lowest BCUT2D eigenvalue weighted by Crippen LogP contribution is -1.63. The maximum absolute atomic E-state index is 10.8. The molecular weight excluding hydrogens is 83.1 g/mol. The summed E-state index contributed by atoms with van der Waals surface area (Å²) in [5, 5.41) is 0. The van der Waals surface area contributed by atoms with Crippen LogP contribution in [0.3, 0.4) is 0 Å². The summed E-state index contributed by atoms with van der Waals surface area (Å²) in [6, 6.07) is 0. The fourth-order valence-corrected chi connectivity index (χ4v) is 0.267. The average Bonchev–Trinajstić information content (AvgIpc) is 1.41. The van der Waals surface area contributed by atoms with Crippen LogP contribution in [-0.2, 0) is 0 Å². The third-order valence-corrected chi connectivity index (χ3v) is 0.974. The highest BCUT2D eigenvalue weighted by Gasteiger charge is 1.57. The number of rotatable bonds is 1. The van der Waals surface area contributed by atoms with E-state index in [0.29, 0.717) is 6.33 Å². The molecular formula is C3H7FSi. The Labute approximate surface area is 33.5 Å². The van der Waals surface area contributed by atoms with Gasteiger partial charge < -0.3 is 0 Å². The van der Waals surface area contributed by atoms with Gasteiger partial charge in [0.1, 0.15) is 0 Å². The summed E-state index contributed by atoms with van der Waals surface area (Å²) in [4.78, 5) is 0. The number of hydrogen-bond acceptors (Lipinski definition) is 0. The minimum absolute atomic E-state index is 0.142. The normalized spacial score (nSPS) is 12.4. The van der Waals surface area contributed by atoms with E-state index in [4.69, 9.17) is 0 Å². The van der Waals surface area contributed by atoms with Crippen LogP contribution in [0, 0.1) is 0 Å². The van der Waals surface area contributed by atoms with E-state index in [0.717, 1.165) is 0 Å². The second-order valence-corrected chi connectivity index (χ2v) is 2.06. The first-order chi connectivity index (χ1) is 2.41. The second kappa shape index (κ2) is 3.89. The molecule has 0 bridgehead atoms. The van der Waals surface area contributed by atoms with Crippen molar-refractivity contribution in [2.45, 2.75) is 6.55 Å². The molecule has 0 aromatic rings. The monoisotopic (exact) mass is 90.0 g/mol. The molecule has 30 valence electrons. The molecule has 0 atom stereocenters. The van der Waals surface area contributed by atoms with E-state index in [1.807, 2.05) is 6.55 Å². The molecule has 0 aliphatic heterocycles. The predicted octanol–water partition coefficient (Wildman–Crippen LogP) is 0.644. The van der Waals surface area contributed by atoms with Crippen molar-refractivity contribution >= 4 is 9.52 Å². The van der Waals surface area contributed by atoms with Crippen LogP contribution in [0.1, 0.15) is 0 Å². The van der Waals surface area contributed by atoms with Crippen molar-refractivity contribution in [3.05, 3.63) is 12.0 Å². The molecule has 0 aliphatic rings. The van der Waals surface area contributed by atoms with Gasteiger partial charge in [0.15, 0.2) is 0 Å². The first-order valence-electron chi connectivity index (χ1n) is 1.67. The Kier molecular flexibility index (Phi) is 3.80. The molecule has 0 nitrogen and oxygen atoms in total. The molecule has 5 heavy (non-hydrogen) atoms.